The summed E-state index contributed by atoms with van der Waals surface area (Å²) in [5.74, 6) is 0. The highest BCUT2D eigenvalue weighted by molar-refractivity contribution is 5.50. The number of aromatic nitrogens is 1. The Hall–Kier alpha value is -1.57. The van der Waals surface area contributed by atoms with E-state index in [0.29, 0.717) is 0 Å². The van der Waals surface area contributed by atoms with E-state index in [0.717, 1.165) is 35.9 Å². The molecule has 2 nitrogen and oxygen atoms in total. The van der Waals surface area contributed by atoms with Crippen molar-refractivity contribution in [1.29, 1.82) is 0 Å². The second-order valence-corrected chi connectivity index (χ2v) is 4.21. The van der Waals surface area contributed by atoms with Crippen molar-refractivity contribution in [2.24, 2.45) is 0 Å². The van der Waals surface area contributed by atoms with Gasteiger partial charge >= 0.3 is 0 Å². The molecule has 0 fully saturated rings. The highest BCUT2D eigenvalue weighted by Gasteiger charge is 2.06. The van der Waals surface area contributed by atoms with Crippen LogP contribution >= 0.6 is 0 Å². The van der Waals surface area contributed by atoms with E-state index < -0.39 is 0 Å². The van der Waals surface area contributed by atoms with Gasteiger partial charge < -0.3 is 0 Å². The SMILES string of the molecule is CCCCc1c(C)cc2ccccn2c1=O. The maximum Gasteiger partial charge on any atom is 0.258 e. The van der Waals surface area contributed by atoms with Gasteiger partial charge in [-0.25, -0.2) is 0 Å². The molecule has 0 aromatic carbocycles. The molecule has 0 aliphatic carbocycles. The van der Waals surface area contributed by atoms with Crippen molar-refractivity contribution in [2.45, 2.75) is 33.1 Å². The molecule has 0 amide bonds. The van der Waals surface area contributed by atoms with Crippen molar-refractivity contribution < 1.29 is 0 Å². The highest BCUT2D eigenvalue weighted by atomic mass is 16.1. The Morgan fingerprint density at radius 1 is 1.31 bits per heavy atom. The highest BCUT2D eigenvalue weighted by Crippen LogP contribution is 2.10. The summed E-state index contributed by atoms with van der Waals surface area (Å²) in [6.07, 6.45) is 4.93. The van der Waals surface area contributed by atoms with Crippen LogP contribution in [-0.2, 0) is 6.42 Å². The van der Waals surface area contributed by atoms with Gasteiger partial charge in [0.2, 0.25) is 0 Å². The molecule has 0 spiro atoms. The van der Waals surface area contributed by atoms with Crippen LogP contribution in [0.2, 0.25) is 0 Å². The molecule has 2 aromatic rings. The van der Waals surface area contributed by atoms with Crippen LogP contribution in [0.5, 0.6) is 0 Å². The van der Waals surface area contributed by atoms with Gasteiger partial charge in [-0.15, -0.1) is 0 Å². The van der Waals surface area contributed by atoms with Gasteiger partial charge in [-0.05, 0) is 43.5 Å². The lowest BCUT2D eigenvalue weighted by Crippen LogP contribution is -2.19. The zero-order valence-corrected chi connectivity index (χ0v) is 9.86. The quantitative estimate of drug-likeness (QED) is 0.771. The first kappa shape index (κ1) is 10.9. The molecule has 0 aliphatic rings. The first-order valence-corrected chi connectivity index (χ1v) is 5.84. The molecule has 0 aliphatic heterocycles. The van der Waals surface area contributed by atoms with Gasteiger partial charge in [0.05, 0.1) is 0 Å². The summed E-state index contributed by atoms with van der Waals surface area (Å²) in [4.78, 5) is 12.2. The minimum absolute atomic E-state index is 0.143. The van der Waals surface area contributed by atoms with Gasteiger partial charge in [0.15, 0.2) is 0 Å². The number of nitrogens with zero attached hydrogens (tertiary/aromatic N) is 1. The second-order valence-electron chi connectivity index (χ2n) is 4.21. The van der Waals surface area contributed by atoms with Crippen molar-refractivity contribution in [3.05, 3.63) is 51.9 Å². The average Bonchev–Trinajstić information content (AvgIpc) is 2.29. The third-order valence-electron chi connectivity index (χ3n) is 2.99. The Kier molecular flexibility index (Phi) is 3.09. The molecule has 16 heavy (non-hydrogen) atoms. The normalized spacial score (nSPS) is 10.9. The second kappa shape index (κ2) is 4.52. The molecule has 2 rings (SSSR count). The van der Waals surface area contributed by atoms with Gasteiger partial charge in [-0.2, -0.15) is 0 Å². The zero-order valence-electron chi connectivity index (χ0n) is 9.86. The third kappa shape index (κ3) is 1.87. The lowest BCUT2D eigenvalue weighted by Gasteiger charge is -2.07. The van der Waals surface area contributed by atoms with E-state index in [1.54, 1.807) is 4.40 Å². The number of hydrogen-bond acceptors (Lipinski definition) is 1. The Bertz CT molecular complexity index is 554. The topological polar surface area (TPSA) is 21.5 Å². The van der Waals surface area contributed by atoms with Crippen LogP contribution in [0, 0.1) is 6.92 Å². The lowest BCUT2D eigenvalue weighted by molar-refractivity contribution is 0.779. The number of unbranched alkanes of at least 4 members (excludes halogenated alkanes) is 1. The number of pyridine rings is 2. The Morgan fingerprint density at radius 2 is 2.12 bits per heavy atom. The fourth-order valence-corrected chi connectivity index (χ4v) is 2.04. The molecule has 2 heteroatoms. The Morgan fingerprint density at radius 3 is 2.88 bits per heavy atom. The first-order chi connectivity index (χ1) is 7.74. The van der Waals surface area contributed by atoms with E-state index in [1.165, 1.54) is 0 Å². The van der Waals surface area contributed by atoms with E-state index >= 15 is 0 Å². The van der Waals surface area contributed by atoms with Crippen LogP contribution in [-0.4, -0.2) is 4.40 Å². The Balaban J connectivity index is 2.61. The fourth-order valence-electron chi connectivity index (χ4n) is 2.04. The summed E-state index contributed by atoms with van der Waals surface area (Å²) < 4.78 is 1.73. The van der Waals surface area contributed by atoms with Crippen LogP contribution in [0.4, 0.5) is 0 Å². The summed E-state index contributed by atoms with van der Waals surface area (Å²) in [6.45, 7) is 4.17. The van der Waals surface area contributed by atoms with E-state index in [9.17, 15) is 4.79 Å². The minimum Gasteiger partial charge on any atom is -0.284 e. The summed E-state index contributed by atoms with van der Waals surface area (Å²) >= 11 is 0. The third-order valence-corrected chi connectivity index (χ3v) is 2.99. The van der Waals surface area contributed by atoms with Crippen LogP contribution in [0.1, 0.15) is 30.9 Å². The van der Waals surface area contributed by atoms with E-state index in [4.69, 9.17) is 0 Å². The van der Waals surface area contributed by atoms with Gasteiger partial charge in [-0.3, -0.25) is 9.20 Å². The van der Waals surface area contributed by atoms with Crippen LogP contribution in [0.3, 0.4) is 0 Å². The summed E-state index contributed by atoms with van der Waals surface area (Å²) in [7, 11) is 0. The van der Waals surface area contributed by atoms with Crippen molar-refractivity contribution in [3.63, 3.8) is 0 Å². The molecular weight excluding hydrogens is 198 g/mol. The van der Waals surface area contributed by atoms with E-state index in [2.05, 4.69) is 13.0 Å². The monoisotopic (exact) mass is 215 g/mol. The molecule has 0 bridgehead atoms. The maximum absolute atomic E-state index is 12.2. The standard InChI is InChI=1S/C14H17NO/c1-3-4-8-13-11(2)10-12-7-5-6-9-15(12)14(13)16/h5-7,9-10H,3-4,8H2,1-2H3. The molecule has 0 radical (unpaired) electrons. The van der Waals surface area contributed by atoms with Crippen molar-refractivity contribution >= 4 is 5.52 Å². The molecule has 84 valence electrons. The molecule has 0 saturated carbocycles. The largest absolute Gasteiger partial charge is 0.284 e. The van der Waals surface area contributed by atoms with Gasteiger partial charge in [0, 0.05) is 17.3 Å². The predicted molar refractivity (Wildman–Crippen MR) is 67.0 cm³/mol. The number of rotatable bonds is 3. The zero-order chi connectivity index (χ0) is 11.5. The maximum atomic E-state index is 12.2. The Labute approximate surface area is 95.5 Å². The average molecular weight is 215 g/mol. The van der Waals surface area contributed by atoms with Crippen LogP contribution in [0.25, 0.3) is 5.52 Å². The molecule has 2 heterocycles. The molecule has 2 aromatic heterocycles. The predicted octanol–water partition coefficient (Wildman–Crippen LogP) is 2.95. The molecule has 0 N–H and O–H groups in total. The first-order valence-electron chi connectivity index (χ1n) is 5.84. The summed E-state index contributed by atoms with van der Waals surface area (Å²) in [6, 6.07) is 7.91. The van der Waals surface area contributed by atoms with Gasteiger partial charge in [0.25, 0.3) is 5.56 Å². The van der Waals surface area contributed by atoms with Gasteiger partial charge in [0.1, 0.15) is 0 Å². The van der Waals surface area contributed by atoms with E-state index in [1.807, 2.05) is 31.3 Å². The van der Waals surface area contributed by atoms with Crippen LogP contribution < -0.4 is 5.56 Å². The molecule has 0 atom stereocenters. The number of hydrogen-bond donors (Lipinski definition) is 0. The number of aryl methyl sites for hydroxylation is 1. The minimum atomic E-state index is 0.143. The fraction of sp³-hybridized carbons (Fsp3) is 0.357. The number of fused-ring (bicyclic) bond motifs is 1. The van der Waals surface area contributed by atoms with Gasteiger partial charge in [-0.1, -0.05) is 19.4 Å². The van der Waals surface area contributed by atoms with E-state index in [-0.39, 0.29) is 5.56 Å². The van der Waals surface area contributed by atoms with Crippen LogP contribution in [0.15, 0.2) is 35.3 Å². The molecular formula is C14H17NO. The smallest absolute Gasteiger partial charge is 0.258 e. The molecule has 0 unspecified atom stereocenters. The summed E-state index contributed by atoms with van der Waals surface area (Å²) in [5, 5.41) is 0. The van der Waals surface area contributed by atoms with Crippen molar-refractivity contribution in [2.75, 3.05) is 0 Å². The van der Waals surface area contributed by atoms with Crippen molar-refractivity contribution in [1.82, 2.24) is 4.40 Å². The summed E-state index contributed by atoms with van der Waals surface area (Å²) in [5.41, 5.74) is 3.20. The van der Waals surface area contributed by atoms with Crippen molar-refractivity contribution in [3.8, 4) is 0 Å². The molecule has 0 saturated heterocycles. The lowest BCUT2D eigenvalue weighted by atomic mass is 10.0.